The predicted molar refractivity (Wildman–Crippen MR) is 83.6 cm³/mol. The molecule has 3 rings (SSSR count). The summed E-state index contributed by atoms with van der Waals surface area (Å²) in [5, 5.41) is 4.22. The Kier molecular flexibility index (Phi) is 4.36. The van der Waals surface area contributed by atoms with Gasteiger partial charge in [0.1, 0.15) is 11.0 Å². The first kappa shape index (κ1) is 14.3. The summed E-state index contributed by atoms with van der Waals surface area (Å²) in [5.74, 6) is 2.03. The Hall–Kier alpha value is -1.65. The highest BCUT2D eigenvalue weighted by Crippen LogP contribution is 2.38. The van der Waals surface area contributed by atoms with E-state index in [-0.39, 0.29) is 0 Å². The molecule has 1 N–H and O–H groups in total. The third kappa shape index (κ3) is 3.52. The largest absolute Gasteiger partial charge is 0.489 e. The lowest BCUT2D eigenvalue weighted by Crippen LogP contribution is -2.02. The van der Waals surface area contributed by atoms with E-state index in [0.29, 0.717) is 47.3 Å². The maximum atomic E-state index is 6.26. The van der Waals surface area contributed by atoms with Crippen molar-refractivity contribution in [2.45, 2.75) is 13.0 Å². The van der Waals surface area contributed by atoms with Crippen LogP contribution in [0.5, 0.6) is 11.5 Å². The number of halogens is 2. The minimum Gasteiger partial charge on any atom is -0.489 e. The van der Waals surface area contributed by atoms with E-state index in [1.54, 1.807) is 6.07 Å². The van der Waals surface area contributed by atoms with Crippen molar-refractivity contribution < 1.29 is 9.47 Å². The summed E-state index contributed by atoms with van der Waals surface area (Å²) in [6.45, 7) is 1.83. The molecule has 0 aliphatic carbocycles. The van der Waals surface area contributed by atoms with Crippen LogP contribution in [0.4, 0.5) is 5.82 Å². The van der Waals surface area contributed by atoms with Crippen LogP contribution in [0.15, 0.2) is 30.3 Å². The van der Waals surface area contributed by atoms with E-state index < -0.39 is 0 Å². The van der Waals surface area contributed by atoms with Gasteiger partial charge < -0.3 is 14.8 Å². The molecule has 0 saturated heterocycles. The minimum absolute atomic E-state index is 0.455. The Balaban J connectivity index is 1.77. The molecule has 0 bridgehead atoms. The van der Waals surface area contributed by atoms with Crippen LogP contribution in [0.1, 0.15) is 12.0 Å². The number of fused-ring (bicyclic) bond motifs is 1. The number of hydrogen-bond acceptors (Lipinski definition) is 4. The Morgan fingerprint density at radius 3 is 2.86 bits per heavy atom. The van der Waals surface area contributed by atoms with E-state index in [0.717, 1.165) is 12.0 Å². The summed E-state index contributed by atoms with van der Waals surface area (Å²) >= 11 is 12.1. The lowest BCUT2D eigenvalue weighted by atomic mass is 10.2. The number of nitrogens with one attached hydrogen (secondary N) is 1. The number of hydrogen-bond donors (Lipinski definition) is 1. The van der Waals surface area contributed by atoms with Gasteiger partial charge in [-0.1, -0.05) is 29.3 Å². The van der Waals surface area contributed by atoms with Crippen LogP contribution in [0, 0.1) is 0 Å². The molecular formula is C15H14Cl2N2O2. The SMILES string of the molecule is Clc1cccc(NCc2cc(Cl)c3c(c2)OCCCO3)n1. The molecule has 6 heteroatoms. The maximum absolute atomic E-state index is 6.26. The summed E-state index contributed by atoms with van der Waals surface area (Å²) < 4.78 is 11.3. The topological polar surface area (TPSA) is 43.4 Å². The van der Waals surface area contributed by atoms with Crippen LogP contribution in [-0.2, 0) is 6.54 Å². The first-order valence-corrected chi connectivity index (χ1v) is 7.42. The molecule has 1 aromatic heterocycles. The fourth-order valence-electron chi connectivity index (χ4n) is 2.09. The standard InChI is InChI=1S/C15H14Cl2N2O2/c16-11-7-10(8-12-15(11)21-6-2-5-20-12)9-18-14-4-1-3-13(17)19-14/h1,3-4,7-8H,2,5-6,9H2,(H,18,19). The smallest absolute Gasteiger partial charge is 0.179 e. The van der Waals surface area contributed by atoms with Crippen LogP contribution >= 0.6 is 23.2 Å². The second kappa shape index (κ2) is 6.41. The summed E-state index contributed by atoms with van der Waals surface area (Å²) in [6, 6.07) is 9.24. The zero-order valence-corrected chi connectivity index (χ0v) is 12.7. The zero-order valence-electron chi connectivity index (χ0n) is 11.2. The molecule has 0 fully saturated rings. The van der Waals surface area contributed by atoms with Gasteiger partial charge in [0.2, 0.25) is 0 Å². The highest BCUT2D eigenvalue weighted by Gasteiger charge is 2.15. The first-order valence-electron chi connectivity index (χ1n) is 6.67. The second-order valence-electron chi connectivity index (χ2n) is 4.65. The van der Waals surface area contributed by atoms with Gasteiger partial charge in [-0.3, -0.25) is 0 Å². The zero-order chi connectivity index (χ0) is 14.7. The Bertz CT molecular complexity index is 650. The van der Waals surface area contributed by atoms with E-state index in [1.807, 2.05) is 24.3 Å². The third-order valence-electron chi connectivity index (χ3n) is 3.05. The molecule has 2 heterocycles. The van der Waals surface area contributed by atoms with E-state index in [1.165, 1.54) is 0 Å². The second-order valence-corrected chi connectivity index (χ2v) is 5.45. The van der Waals surface area contributed by atoms with E-state index in [9.17, 15) is 0 Å². The van der Waals surface area contributed by atoms with Crippen LogP contribution in [0.2, 0.25) is 10.2 Å². The van der Waals surface area contributed by atoms with Crippen molar-refractivity contribution in [3.63, 3.8) is 0 Å². The monoisotopic (exact) mass is 324 g/mol. The summed E-state index contributed by atoms with van der Waals surface area (Å²) in [5.41, 5.74) is 0.992. The van der Waals surface area contributed by atoms with Crippen molar-refractivity contribution in [3.05, 3.63) is 46.1 Å². The van der Waals surface area contributed by atoms with Gasteiger partial charge in [-0.15, -0.1) is 0 Å². The van der Waals surface area contributed by atoms with Gasteiger partial charge in [0.15, 0.2) is 11.5 Å². The third-order valence-corrected chi connectivity index (χ3v) is 3.54. The van der Waals surface area contributed by atoms with Gasteiger partial charge in [-0.25, -0.2) is 4.98 Å². The van der Waals surface area contributed by atoms with Gasteiger partial charge in [-0.05, 0) is 29.8 Å². The van der Waals surface area contributed by atoms with Gasteiger partial charge >= 0.3 is 0 Å². The highest BCUT2D eigenvalue weighted by atomic mass is 35.5. The predicted octanol–water partition coefficient (Wildman–Crippen LogP) is 4.16. The molecule has 0 atom stereocenters. The lowest BCUT2D eigenvalue weighted by molar-refractivity contribution is 0.297. The fourth-order valence-corrected chi connectivity index (χ4v) is 2.54. The number of nitrogens with zero attached hydrogens (tertiary/aromatic N) is 1. The molecule has 110 valence electrons. The van der Waals surface area contributed by atoms with Crippen molar-refractivity contribution >= 4 is 29.0 Å². The van der Waals surface area contributed by atoms with Crippen LogP contribution in [0.25, 0.3) is 0 Å². The molecule has 21 heavy (non-hydrogen) atoms. The van der Waals surface area contributed by atoms with Crippen molar-refractivity contribution in [1.29, 1.82) is 0 Å². The average Bonchev–Trinajstić information content (AvgIpc) is 2.71. The van der Waals surface area contributed by atoms with Gasteiger partial charge in [0, 0.05) is 13.0 Å². The maximum Gasteiger partial charge on any atom is 0.179 e. The number of aromatic nitrogens is 1. The minimum atomic E-state index is 0.455. The normalized spacial score (nSPS) is 13.6. The van der Waals surface area contributed by atoms with Gasteiger partial charge in [0.05, 0.1) is 18.2 Å². The number of pyridine rings is 1. The van der Waals surface area contributed by atoms with Gasteiger partial charge in [0.25, 0.3) is 0 Å². The summed E-state index contributed by atoms with van der Waals surface area (Å²) in [6.07, 6.45) is 0.852. The molecular weight excluding hydrogens is 311 g/mol. The molecule has 0 saturated carbocycles. The molecule has 1 aromatic carbocycles. The molecule has 2 aromatic rings. The molecule has 4 nitrogen and oxygen atoms in total. The Morgan fingerprint density at radius 2 is 2.00 bits per heavy atom. The van der Waals surface area contributed by atoms with Crippen molar-refractivity contribution in [2.24, 2.45) is 0 Å². The molecule has 0 unspecified atom stereocenters. The van der Waals surface area contributed by atoms with Crippen LogP contribution in [0.3, 0.4) is 0 Å². The number of ether oxygens (including phenoxy) is 2. The Labute approximate surface area is 133 Å². The molecule has 0 radical (unpaired) electrons. The number of anilines is 1. The molecule has 1 aliphatic heterocycles. The van der Waals surface area contributed by atoms with Gasteiger partial charge in [-0.2, -0.15) is 0 Å². The van der Waals surface area contributed by atoms with E-state index >= 15 is 0 Å². The highest BCUT2D eigenvalue weighted by molar-refractivity contribution is 6.32. The van der Waals surface area contributed by atoms with E-state index in [2.05, 4.69) is 10.3 Å². The molecule has 0 amide bonds. The van der Waals surface area contributed by atoms with Crippen molar-refractivity contribution in [1.82, 2.24) is 4.98 Å². The van der Waals surface area contributed by atoms with E-state index in [4.69, 9.17) is 32.7 Å². The van der Waals surface area contributed by atoms with Crippen LogP contribution in [-0.4, -0.2) is 18.2 Å². The molecule has 0 spiro atoms. The Morgan fingerprint density at radius 1 is 1.14 bits per heavy atom. The van der Waals surface area contributed by atoms with Crippen molar-refractivity contribution in [2.75, 3.05) is 18.5 Å². The first-order chi connectivity index (χ1) is 10.2. The summed E-state index contributed by atoms with van der Waals surface area (Å²) in [4.78, 5) is 4.18. The molecule has 1 aliphatic rings. The van der Waals surface area contributed by atoms with Crippen LogP contribution < -0.4 is 14.8 Å². The average molecular weight is 325 g/mol. The number of benzene rings is 1. The quantitative estimate of drug-likeness (QED) is 0.861. The number of rotatable bonds is 3. The summed E-state index contributed by atoms with van der Waals surface area (Å²) in [7, 11) is 0. The fraction of sp³-hybridized carbons (Fsp3) is 0.267. The van der Waals surface area contributed by atoms with Crippen molar-refractivity contribution in [3.8, 4) is 11.5 Å². The lowest BCUT2D eigenvalue weighted by Gasteiger charge is -2.12.